The zero-order valence-corrected chi connectivity index (χ0v) is 14.4. The highest BCUT2D eigenvalue weighted by molar-refractivity contribution is 8.27. The standard InChI is InChI=1S/C18H12FNO3S2/c19-13-5-1-11(2-6-13)9-15-17(23)20(18(24)25-15)14-7-3-12(4-8-14)10-16(21)22/h1-9H,10H2,(H,21,22)/b15-9-. The monoisotopic (exact) mass is 373 g/mol. The van der Waals surface area contributed by atoms with Crippen LogP contribution in [0.3, 0.4) is 0 Å². The second-order valence-corrected chi connectivity index (χ2v) is 6.98. The van der Waals surface area contributed by atoms with E-state index < -0.39 is 5.97 Å². The van der Waals surface area contributed by atoms with E-state index in [1.807, 2.05) is 0 Å². The van der Waals surface area contributed by atoms with Crippen molar-refractivity contribution >= 4 is 51.9 Å². The van der Waals surface area contributed by atoms with Gasteiger partial charge in [-0.05, 0) is 41.5 Å². The third-order valence-electron chi connectivity index (χ3n) is 3.51. The van der Waals surface area contributed by atoms with Gasteiger partial charge in [0.05, 0.1) is 17.0 Å². The number of carbonyl (C=O) groups is 2. The summed E-state index contributed by atoms with van der Waals surface area (Å²) in [4.78, 5) is 25.2. The Bertz CT molecular complexity index is 876. The van der Waals surface area contributed by atoms with Crippen molar-refractivity contribution < 1.29 is 19.1 Å². The van der Waals surface area contributed by atoms with Gasteiger partial charge in [0.2, 0.25) is 0 Å². The number of thiocarbonyl (C=S) groups is 1. The zero-order chi connectivity index (χ0) is 18.0. The molecule has 2 aromatic carbocycles. The van der Waals surface area contributed by atoms with Crippen molar-refractivity contribution in [1.29, 1.82) is 0 Å². The van der Waals surface area contributed by atoms with E-state index in [0.29, 0.717) is 26.0 Å². The SMILES string of the molecule is O=C(O)Cc1ccc(N2C(=O)/C(=C/c3ccc(F)cc3)SC2=S)cc1. The molecule has 1 saturated heterocycles. The van der Waals surface area contributed by atoms with Gasteiger partial charge in [0.15, 0.2) is 4.32 Å². The Morgan fingerprint density at radius 1 is 1.16 bits per heavy atom. The van der Waals surface area contributed by atoms with E-state index >= 15 is 0 Å². The first kappa shape index (κ1) is 17.3. The summed E-state index contributed by atoms with van der Waals surface area (Å²) in [5, 5.41) is 8.80. The van der Waals surface area contributed by atoms with Crippen molar-refractivity contribution in [2.24, 2.45) is 0 Å². The maximum atomic E-state index is 13.0. The average molecular weight is 373 g/mol. The fraction of sp³-hybridized carbons (Fsp3) is 0.0556. The van der Waals surface area contributed by atoms with Crippen molar-refractivity contribution in [2.75, 3.05) is 4.90 Å². The molecule has 126 valence electrons. The second-order valence-electron chi connectivity index (χ2n) is 5.31. The number of hydrogen-bond acceptors (Lipinski definition) is 4. The van der Waals surface area contributed by atoms with Gasteiger partial charge in [-0.15, -0.1) is 0 Å². The number of hydrogen-bond donors (Lipinski definition) is 1. The average Bonchev–Trinajstić information content (AvgIpc) is 2.84. The molecule has 0 aromatic heterocycles. The molecular formula is C18H12FNO3S2. The summed E-state index contributed by atoms with van der Waals surface area (Å²) < 4.78 is 13.4. The number of amides is 1. The van der Waals surface area contributed by atoms with Gasteiger partial charge < -0.3 is 5.11 Å². The van der Waals surface area contributed by atoms with Crippen LogP contribution in [0.5, 0.6) is 0 Å². The summed E-state index contributed by atoms with van der Waals surface area (Å²) in [6, 6.07) is 12.5. The number of nitrogens with zero attached hydrogens (tertiary/aromatic N) is 1. The molecule has 0 atom stereocenters. The number of thioether (sulfide) groups is 1. The van der Waals surface area contributed by atoms with E-state index in [-0.39, 0.29) is 18.1 Å². The van der Waals surface area contributed by atoms with Gasteiger partial charge in [-0.25, -0.2) is 4.39 Å². The number of aliphatic carboxylic acids is 1. The summed E-state index contributed by atoms with van der Waals surface area (Å²) in [6.07, 6.45) is 1.58. The number of carbonyl (C=O) groups excluding carboxylic acids is 1. The zero-order valence-electron chi connectivity index (χ0n) is 12.8. The fourth-order valence-electron chi connectivity index (χ4n) is 2.34. The molecule has 0 radical (unpaired) electrons. The van der Waals surface area contributed by atoms with Gasteiger partial charge in [-0.2, -0.15) is 0 Å². The highest BCUT2D eigenvalue weighted by Gasteiger charge is 2.33. The molecule has 1 aliphatic rings. The minimum absolute atomic E-state index is 0.0802. The molecule has 0 aliphatic carbocycles. The number of anilines is 1. The lowest BCUT2D eigenvalue weighted by atomic mass is 10.1. The lowest BCUT2D eigenvalue weighted by Gasteiger charge is -2.14. The molecule has 0 saturated carbocycles. The maximum Gasteiger partial charge on any atom is 0.307 e. The van der Waals surface area contributed by atoms with Crippen molar-refractivity contribution in [3.05, 3.63) is 70.4 Å². The van der Waals surface area contributed by atoms with Crippen LogP contribution in [0.15, 0.2) is 53.4 Å². The minimum Gasteiger partial charge on any atom is -0.481 e. The van der Waals surface area contributed by atoms with Crippen LogP contribution in [-0.2, 0) is 16.0 Å². The molecule has 7 heteroatoms. The van der Waals surface area contributed by atoms with Gasteiger partial charge in [0, 0.05) is 0 Å². The number of benzene rings is 2. The fourth-order valence-corrected chi connectivity index (χ4v) is 3.64. The van der Waals surface area contributed by atoms with Gasteiger partial charge in [0.25, 0.3) is 5.91 Å². The van der Waals surface area contributed by atoms with Gasteiger partial charge >= 0.3 is 5.97 Å². The van der Waals surface area contributed by atoms with Crippen LogP contribution in [0.4, 0.5) is 10.1 Å². The van der Waals surface area contributed by atoms with Crippen molar-refractivity contribution in [3.8, 4) is 0 Å². The maximum absolute atomic E-state index is 13.0. The predicted octanol–water partition coefficient (Wildman–Crippen LogP) is 3.86. The summed E-state index contributed by atoms with van der Waals surface area (Å²) in [7, 11) is 0. The predicted molar refractivity (Wildman–Crippen MR) is 99.8 cm³/mol. The van der Waals surface area contributed by atoms with Crippen LogP contribution < -0.4 is 4.90 Å². The molecule has 25 heavy (non-hydrogen) atoms. The van der Waals surface area contributed by atoms with Crippen LogP contribution >= 0.6 is 24.0 Å². The highest BCUT2D eigenvalue weighted by Crippen LogP contribution is 2.36. The van der Waals surface area contributed by atoms with E-state index in [1.54, 1.807) is 42.5 Å². The third-order valence-corrected chi connectivity index (χ3v) is 4.81. The topological polar surface area (TPSA) is 57.6 Å². The molecule has 1 amide bonds. The lowest BCUT2D eigenvalue weighted by molar-refractivity contribution is -0.136. The third kappa shape index (κ3) is 3.94. The molecule has 1 heterocycles. The second kappa shape index (κ2) is 7.16. The first-order chi connectivity index (χ1) is 11.9. The van der Waals surface area contributed by atoms with E-state index in [0.717, 1.165) is 0 Å². The molecule has 0 bridgehead atoms. The van der Waals surface area contributed by atoms with Gasteiger partial charge in [-0.1, -0.05) is 48.2 Å². The number of rotatable bonds is 4. The molecule has 0 unspecified atom stereocenters. The van der Waals surface area contributed by atoms with Crippen LogP contribution in [0.1, 0.15) is 11.1 Å². The van der Waals surface area contributed by atoms with Gasteiger partial charge in [0.1, 0.15) is 5.82 Å². The van der Waals surface area contributed by atoms with Gasteiger partial charge in [-0.3, -0.25) is 14.5 Å². The van der Waals surface area contributed by atoms with Crippen LogP contribution in [-0.4, -0.2) is 21.3 Å². The normalized spacial score (nSPS) is 15.9. The Morgan fingerprint density at radius 2 is 1.80 bits per heavy atom. The molecule has 0 spiro atoms. The Morgan fingerprint density at radius 3 is 2.40 bits per heavy atom. The molecule has 1 fully saturated rings. The summed E-state index contributed by atoms with van der Waals surface area (Å²) >= 11 is 6.46. The Hall–Kier alpha value is -2.51. The van der Waals surface area contributed by atoms with Crippen LogP contribution in [0.25, 0.3) is 6.08 Å². The Labute approximate surface area is 153 Å². The summed E-state index contributed by atoms with van der Waals surface area (Å²) in [5.41, 5.74) is 1.93. The van der Waals surface area contributed by atoms with Crippen LogP contribution in [0.2, 0.25) is 0 Å². The molecule has 2 aromatic rings. The van der Waals surface area contributed by atoms with E-state index in [2.05, 4.69) is 0 Å². The van der Waals surface area contributed by atoms with Crippen molar-refractivity contribution in [1.82, 2.24) is 0 Å². The molecule has 1 aliphatic heterocycles. The first-order valence-corrected chi connectivity index (χ1v) is 8.51. The quantitative estimate of drug-likeness (QED) is 0.651. The number of carboxylic acid groups (broad SMARTS) is 1. The Kier molecular flexibility index (Phi) is 4.96. The molecule has 1 N–H and O–H groups in total. The van der Waals surface area contributed by atoms with E-state index in [1.165, 1.54) is 28.8 Å². The number of carboxylic acids is 1. The summed E-state index contributed by atoms with van der Waals surface area (Å²) in [5.74, 6) is -1.52. The highest BCUT2D eigenvalue weighted by atomic mass is 32.2. The summed E-state index contributed by atoms with van der Waals surface area (Å²) in [6.45, 7) is 0. The minimum atomic E-state index is -0.916. The van der Waals surface area contributed by atoms with E-state index in [9.17, 15) is 14.0 Å². The van der Waals surface area contributed by atoms with Crippen LogP contribution in [0, 0.1) is 5.82 Å². The number of halogens is 1. The lowest BCUT2D eigenvalue weighted by Crippen LogP contribution is -2.27. The van der Waals surface area contributed by atoms with Crippen molar-refractivity contribution in [2.45, 2.75) is 6.42 Å². The molecular weight excluding hydrogens is 361 g/mol. The van der Waals surface area contributed by atoms with Crippen molar-refractivity contribution in [3.63, 3.8) is 0 Å². The first-order valence-electron chi connectivity index (χ1n) is 7.28. The smallest absolute Gasteiger partial charge is 0.307 e. The Balaban J connectivity index is 1.83. The van der Waals surface area contributed by atoms with E-state index in [4.69, 9.17) is 17.3 Å². The molecule has 4 nitrogen and oxygen atoms in total. The largest absolute Gasteiger partial charge is 0.481 e. The molecule has 3 rings (SSSR count).